The summed E-state index contributed by atoms with van der Waals surface area (Å²) in [5, 5.41) is 0. The van der Waals surface area contributed by atoms with Gasteiger partial charge in [0.05, 0.1) is 0 Å². The van der Waals surface area contributed by atoms with Crippen molar-refractivity contribution in [2.24, 2.45) is 0 Å². The summed E-state index contributed by atoms with van der Waals surface area (Å²) in [7, 11) is 0. The van der Waals surface area contributed by atoms with Crippen molar-refractivity contribution in [3.63, 3.8) is 0 Å². The number of halogens is 18. The lowest BCUT2D eigenvalue weighted by Crippen LogP contribution is -2.74. The SMILES string of the molecule is FCC(F)(F)C(F)(F)C(F)(F)C(F)(F)C(F)(F)C(F)(F)C(F)(F)C(F)(F)F. The maximum atomic E-state index is 12.9. The highest BCUT2D eigenvalue weighted by Crippen LogP contribution is 2.63. The molecule has 0 heterocycles. The van der Waals surface area contributed by atoms with E-state index in [2.05, 4.69) is 0 Å². The Morgan fingerprint density at radius 1 is 0.333 bits per heavy atom. The lowest BCUT2D eigenvalue weighted by molar-refractivity contribution is -0.461. The lowest BCUT2D eigenvalue weighted by Gasteiger charge is -2.42. The molecule has 164 valence electrons. The van der Waals surface area contributed by atoms with Gasteiger partial charge in [0.2, 0.25) is 0 Å². The van der Waals surface area contributed by atoms with Crippen LogP contribution in [-0.2, 0) is 0 Å². The predicted molar refractivity (Wildman–Crippen MR) is 46.7 cm³/mol. The molecule has 0 aromatic heterocycles. The molecule has 0 rings (SSSR count). The smallest absolute Gasteiger partial charge is 0.244 e. The van der Waals surface area contributed by atoms with Gasteiger partial charge in [0.15, 0.2) is 6.67 Å². The van der Waals surface area contributed by atoms with E-state index in [9.17, 15) is 79.0 Å². The number of hydrogen-bond donors (Lipinski definition) is 0. The minimum Gasteiger partial charge on any atom is -0.244 e. The molecule has 0 radical (unpaired) electrons. The van der Waals surface area contributed by atoms with Crippen LogP contribution in [-0.4, -0.2) is 54.3 Å². The fourth-order valence-corrected chi connectivity index (χ4v) is 1.28. The molecule has 0 saturated carbocycles. The van der Waals surface area contributed by atoms with Crippen molar-refractivity contribution in [1.82, 2.24) is 0 Å². The predicted octanol–water partition coefficient (Wildman–Crippen LogP) is 5.97. The zero-order valence-electron chi connectivity index (χ0n) is 11.5. The van der Waals surface area contributed by atoms with Gasteiger partial charge in [0, 0.05) is 0 Å². The molecule has 0 aromatic carbocycles. The minimum atomic E-state index is -8.68. The standard InChI is InChI=1S/C9H2F18/c10-1-2(11,12)3(13,14)4(15,16)5(17,18)6(19,20)7(21,22)8(23,24)9(25,26)27/h1H2. The maximum absolute atomic E-state index is 12.9. The first-order valence-corrected chi connectivity index (χ1v) is 5.58. The summed E-state index contributed by atoms with van der Waals surface area (Å²) in [5.41, 5.74) is 0. The highest BCUT2D eigenvalue weighted by atomic mass is 19.4. The third-order valence-corrected chi connectivity index (χ3v) is 2.95. The molecule has 0 amide bonds. The molecule has 27 heavy (non-hydrogen) atoms. The highest BCUT2D eigenvalue weighted by molar-refractivity contribution is 5.15. The van der Waals surface area contributed by atoms with Crippen molar-refractivity contribution in [1.29, 1.82) is 0 Å². The Morgan fingerprint density at radius 3 is 0.778 bits per heavy atom. The normalized spacial score (nSPS) is 16.7. The average molecular weight is 452 g/mol. The van der Waals surface area contributed by atoms with Gasteiger partial charge >= 0.3 is 47.6 Å². The van der Waals surface area contributed by atoms with E-state index in [1.54, 1.807) is 0 Å². The zero-order valence-corrected chi connectivity index (χ0v) is 11.5. The maximum Gasteiger partial charge on any atom is 0.460 e. The Labute approximate surface area is 135 Å². The fraction of sp³-hybridized carbons (Fsp3) is 1.00. The molecule has 0 aliphatic rings. The van der Waals surface area contributed by atoms with Crippen LogP contribution in [0.3, 0.4) is 0 Å². The molecule has 0 saturated heterocycles. The summed E-state index contributed by atoms with van der Waals surface area (Å²) in [6, 6.07) is 0. The lowest BCUT2D eigenvalue weighted by atomic mass is 9.89. The Balaban J connectivity index is 6.65. The van der Waals surface area contributed by atoms with Crippen LogP contribution in [0.25, 0.3) is 0 Å². The molecular formula is C9H2F18. The Hall–Kier alpha value is -1.26. The largest absolute Gasteiger partial charge is 0.460 e. The Morgan fingerprint density at radius 2 is 0.556 bits per heavy atom. The highest BCUT2D eigenvalue weighted by Gasteiger charge is 2.95. The topological polar surface area (TPSA) is 0 Å². The van der Waals surface area contributed by atoms with Crippen LogP contribution in [0.1, 0.15) is 0 Å². The Bertz CT molecular complexity index is 538. The number of rotatable bonds is 7. The summed E-state index contributed by atoms with van der Waals surface area (Å²) < 4.78 is 225. The van der Waals surface area contributed by atoms with Gasteiger partial charge in [-0.2, -0.15) is 74.6 Å². The van der Waals surface area contributed by atoms with Crippen molar-refractivity contribution < 1.29 is 79.0 Å². The van der Waals surface area contributed by atoms with Gasteiger partial charge in [0.25, 0.3) is 0 Å². The quantitative estimate of drug-likeness (QED) is 0.418. The van der Waals surface area contributed by atoms with Gasteiger partial charge < -0.3 is 0 Å². The van der Waals surface area contributed by atoms with Crippen LogP contribution in [0.15, 0.2) is 0 Å². The monoisotopic (exact) mass is 452 g/mol. The van der Waals surface area contributed by atoms with Gasteiger partial charge in [-0.15, -0.1) is 0 Å². The molecule has 0 aliphatic carbocycles. The summed E-state index contributed by atoms with van der Waals surface area (Å²) in [4.78, 5) is 0. The van der Waals surface area contributed by atoms with Crippen LogP contribution in [0.2, 0.25) is 0 Å². The van der Waals surface area contributed by atoms with E-state index in [1.807, 2.05) is 0 Å². The van der Waals surface area contributed by atoms with Gasteiger partial charge in [-0.3, -0.25) is 0 Å². The first-order chi connectivity index (χ1) is 11.3. The van der Waals surface area contributed by atoms with Crippen molar-refractivity contribution in [2.45, 2.75) is 47.6 Å². The zero-order chi connectivity index (χ0) is 22.7. The van der Waals surface area contributed by atoms with Gasteiger partial charge in [0.1, 0.15) is 0 Å². The third kappa shape index (κ3) is 3.05. The summed E-state index contributed by atoms with van der Waals surface area (Å²) in [5.74, 6) is -57.4. The van der Waals surface area contributed by atoms with Crippen molar-refractivity contribution >= 4 is 0 Å². The first-order valence-electron chi connectivity index (χ1n) is 5.58. The molecular weight excluding hydrogens is 450 g/mol. The molecule has 0 unspecified atom stereocenters. The van der Waals surface area contributed by atoms with Crippen molar-refractivity contribution in [3.05, 3.63) is 0 Å². The van der Waals surface area contributed by atoms with E-state index in [1.165, 1.54) is 0 Å². The minimum absolute atomic E-state index is 3.95. The Kier molecular flexibility index (Phi) is 5.83. The molecule has 0 atom stereocenters. The second kappa shape index (κ2) is 6.12. The van der Waals surface area contributed by atoms with Crippen LogP contribution < -0.4 is 0 Å². The van der Waals surface area contributed by atoms with E-state index in [-0.39, 0.29) is 0 Å². The van der Waals surface area contributed by atoms with Gasteiger partial charge in [-0.25, -0.2) is 4.39 Å². The summed E-state index contributed by atoms with van der Waals surface area (Å²) in [6.45, 7) is -3.95. The molecule has 18 heteroatoms. The molecule has 0 bridgehead atoms. The van der Waals surface area contributed by atoms with E-state index in [0.717, 1.165) is 0 Å². The summed E-state index contributed by atoms with van der Waals surface area (Å²) >= 11 is 0. The third-order valence-electron chi connectivity index (χ3n) is 2.95. The van der Waals surface area contributed by atoms with Crippen LogP contribution in [0.5, 0.6) is 0 Å². The van der Waals surface area contributed by atoms with E-state index >= 15 is 0 Å². The fourth-order valence-electron chi connectivity index (χ4n) is 1.28. The molecule has 0 nitrogen and oxygen atoms in total. The summed E-state index contributed by atoms with van der Waals surface area (Å²) in [6.07, 6.45) is -7.79. The van der Waals surface area contributed by atoms with Crippen LogP contribution in [0.4, 0.5) is 79.0 Å². The molecule has 0 aliphatic heterocycles. The van der Waals surface area contributed by atoms with Crippen molar-refractivity contribution in [2.75, 3.05) is 6.67 Å². The van der Waals surface area contributed by atoms with E-state index < -0.39 is 54.3 Å². The van der Waals surface area contributed by atoms with Gasteiger partial charge in [-0.05, 0) is 0 Å². The first kappa shape index (κ1) is 25.7. The number of alkyl halides is 18. The average Bonchev–Trinajstić information content (AvgIpc) is 2.44. The molecule has 0 spiro atoms. The second-order valence-electron chi connectivity index (χ2n) is 4.78. The van der Waals surface area contributed by atoms with E-state index in [4.69, 9.17) is 0 Å². The molecule has 0 aromatic rings. The van der Waals surface area contributed by atoms with Crippen LogP contribution in [0, 0.1) is 0 Å². The molecule has 0 fully saturated rings. The number of hydrogen-bond acceptors (Lipinski definition) is 0. The second-order valence-corrected chi connectivity index (χ2v) is 4.78. The van der Waals surface area contributed by atoms with Crippen molar-refractivity contribution in [3.8, 4) is 0 Å². The van der Waals surface area contributed by atoms with Gasteiger partial charge in [-0.1, -0.05) is 0 Å². The van der Waals surface area contributed by atoms with Crippen LogP contribution >= 0.6 is 0 Å². The van der Waals surface area contributed by atoms with E-state index in [0.29, 0.717) is 0 Å². The molecule has 0 N–H and O–H groups in total.